The summed E-state index contributed by atoms with van der Waals surface area (Å²) >= 11 is 0. The molecule has 0 unspecified atom stereocenters. The van der Waals surface area contributed by atoms with Gasteiger partial charge in [-0.15, -0.1) is 0 Å². The van der Waals surface area contributed by atoms with Gasteiger partial charge in [-0.05, 0) is 12.5 Å². The Hall–Kier alpha value is -2.63. The minimum Gasteiger partial charge on any atom is -0.364 e. The highest BCUT2D eigenvalue weighted by Crippen LogP contribution is 2.11. The molecule has 0 fully saturated rings. The topological polar surface area (TPSA) is 104 Å². The Morgan fingerprint density at radius 3 is 2.32 bits per heavy atom. The van der Waals surface area contributed by atoms with Gasteiger partial charge >= 0.3 is 0 Å². The van der Waals surface area contributed by atoms with Crippen molar-refractivity contribution in [2.45, 2.75) is 13.5 Å². The summed E-state index contributed by atoms with van der Waals surface area (Å²) in [6, 6.07) is 7.80. The third kappa shape index (κ3) is 2.62. The van der Waals surface area contributed by atoms with Gasteiger partial charge in [0.2, 0.25) is 0 Å². The van der Waals surface area contributed by atoms with Crippen LogP contribution in [0.2, 0.25) is 0 Å². The molecule has 1 aromatic heterocycles. The molecule has 0 saturated carbocycles. The van der Waals surface area contributed by atoms with Crippen molar-refractivity contribution >= 4 is 11.8 Å². The molecule has 1 aromatic carbocycles. The molecule has 0 aliphatic heterocycles. The molecule has 0 aliphatic carbocycles. The van der Waals surface area contributed by atoms with Crippen molar-refractivity contribution in [2.75, 3.05) is 0 Å². The molecule has 2 rings (SSSR count). The molecular weight excluding hydrogens is 244 g/mol. The van der Waals surface area contributed by atoms with Crippen LogP contribution in [0.1, 0.15) is 32.1 Å². The second-order valence-electron chi connectivity index (χ2n) is 4.28. The Kier molecular flexibility index (Phi) is 3.33. The maximum atomic E-state index is 11.4. The zero-order chi connectivity index (χ0) is 14.0. The van der Waals surface area contributed by atoms with Crippen LogP contribution in [0.15, 0.2) is 30.6 Å². The number of nitrogens with two attached hydrogens (primary N) is 2. The van der Waals surface area contributed by atoms with E-state index in [1.165, 1.54) is 10.9 Å². The number of nitrogens with zero attached hydrogens (tertiary/aromatic N) is 2. The van der Waals surface area contributed by atoms with Crippen LogP contribution in [0.25, 0.3) is 0 Å². The first-order valence-electron chi connectivity index (χ1n) is 5.69. The highest BCUT2D eigenvalue weighted by Gasteiger charge is 2.20. The van der Waals surface area contributed by atoms with Crippen molar-refractivity contribution in [2.24, 2.45) is 11.5 Å². The molecule has 0 saturated heterocycles. The molecule has 2 amide bonds. The lowest BCUT2D eigenvalue weighted by Crippen LogP contribution is -2.23. The van der Waals surface area contributed by atoms with Crippen LogP contribution in [0, 0.1) is 6.92 Å². The SMILES string of the molecule is Cc1ccc(Cn2cnc(C(N)=O)c2C(N)=O)cc1. The Balaban J connectivity index is 2.37. The minimum atomic E-state index is -0.767. The lowest BCUT2D eigenvalue weighted by atomic mass is 10.1. The van der Waals surface area contributed by atoms with E-state index < -0.39 is 11.8 Å². The smallest absolute Gasteiger partial charge is 0.269 e. The van der Waals surface area contributed by atoms with Crippen molar-refractivity contribution in [3.05, 3.63) is 53.1 Å². The number of aromatic nitrogens is 2. The van der Waals surface area contributed by atoms with E-state index in [1.807, 2.05) is 31.2 Å². The predicted molar refractivity (Wildman–Crippen MR) is 69.5 cm³/mol. The van der Waals surface area contributed by atoms with Gasteiger partial charge in [0.1, 0.15) is 5.69 Å². The number of amides is 2. The maximum absolute atomic E-state index is 11.4. The Morgan fingerprint density at radius 2 is 1.79 bits per heavy atom. The predicted octanol–water partition coefficient (Wildman–Crippen LogP) is 0.438. The Morgan fingerprint density at radius 1 is 1.16 bits per heavy atom. The fourth-order valence-corrected chi connectivity index (χ4v) is 1.83. The zero-order valence-electron chi connectivity index (χ0n) is 10.5. The van der Waals surface area contributed by atoms with Crippen LogP contribution in [0.3, 0.4) is 0 Å². The summed E-state index contributed by atoms with van der Waals surface area (Å²) < 4.78 is 1.52. The number of hydrogen-bond donors (Lipinski definition) is 2. The molecule has 0 spiro atoms. The third-order valence-electron chi connectivity index (χ3n) is 2.78. The molecule has 2 aromatic rings. The number of benzene rings is 1. The van der Waals surface area contributed by atoms with E-state index in [4.69, 9.17) is 11.5 Å². The van der Waals surface area contributed by atoms with Crippen molar-refractivity contribution < 1.29 is 9.59 Å². The van der Waals surface area contributed by atoms with Crippen LogP contribution in [0.5, 0.6) is 0 Å². The van der Waals surface area contributed by atoms with Crippen molar-refractivity contribution in [1.29, 1.82) is 0 Å². The van der Waals surface area contributed by atoms with E-state index in [9.17, 15) is 9.59 Å². The number of carbonyl (C=O) groups is 2. The molecule has 6 nitrogen and oxygen atoms in total. The largest absolute Gasteiger partial charge is 0.364 e. The van der Waals surface area contributed by atoms with Gasteiger partial charge in [0.25, 0.3) is 11.8 Å². The molecule has 1 heterocycles. The zero-order valence-corrected chi connectivity index (χ0v) is 10.5. The first kappa shape index (κ1) is 12.8. The highest BCUT2D eigenvalue weighted by atomic mass is 16.2. The van der Waals surface area contributed by atoms with Crippen LogP contribution in [-0.2, 0) is 6.54 Å². The van der Waals surface area contributed by atoms with Gasteiger partial charge in [-0.2, -0.15) is 0 Å². The third-order valence-corrected chi connectivity index (χ3v) is 2.78. The number of hydrogen-bond acceptors (Lipinski definition) is 3. The summed E-state index contributed by atoms with van der Waals surface area (Å²) in [5.41, 5.74) is 12.5. The first-order valence-corrected chi connectivity index (χ1v) is 5.69. The number of imidazole rings is 1. The molecule has 0 radical (unpaired) electrons. The monoisotopic (exact) mass is 258 g/mol. The fourth-order valence-electron chi connectivity index (χ4n) is 1.83. The molecule has 19 heavy (non-hydrogen) atoms. The summed E-state index contributed by atoms with van der Waals surface area (Å²) in [6.07, 6.45) is 1.39. The summed E-state index contributed by atoms with van der Waals surface area (Å²) in [6.45, 7) is 2.39. The van der Waals surface area contributed by atoms with Crippen molar-refractivity contribution in [3.8, 4) is 0 Å². The number of rotatable bonds is 4. The molecule has 98 valence electrons. The molecule has 0 atom stereocenters. The van der Waals surface area contributed by atoms with E-state index in [0.29, 0.717) is 6.54 Å². The van der Waals surface area contributed by atoms with Crippen molar-refractivity contribution in [3.63, 3.8) is 0 Å². The second-order valence-corrected chi connectivity index (χ2v) is 4.28. The van der Waals surface area contributed by atoms with E-state index in [0.717, 1.165) is 11.1 Å². The Bertz CT molecular complexity index is 629. The van der Waals surface area contributed by atoms with Crippen molar-refractivity contribution in [1.82, 2.24) is 9.55 Å². The Labute approximate surface area is 110 Å². The lowest BCUT2D eigenvalue weighted by Gasteiger charge is -2.07. The van der Waals surface area contributed by atoms with E-state index in [-0.39, 0.29) is 11.4 Å². The number of carbonyl (C=O) groups excluding carboxylic acids is 2. The number of primary amides is 2. The summed E-state index contributed by atoms with van der Waals surface area (Å²) in [5.74, 6) is -1.49. The average Bonchev–Trinajstić information content (AvgIpc) is 2.76. The van der Waals surface area contributed by atoms with Gasteiger partial charge in [-0.1, -0.05) is 29.8 Å². The summed E-state index contributed by atoms with van der Waals surface area (Å²) in [4.78, 5) is 26.4. The minimum absolute atomic E-state index is 0.0353. The normalized spacial score (nSPS) is 10.4. The maximum Gasteiger partial charge on any atom is 0.269 e. The quantitative estimate of drug-likeness (QED) is 0.831. The van der Waals surface area contributed by atoms with E-state index >= 15 is 0 Å². The van der Waals surface area contributed by atoms with Crippen LogP contribution >= 0.6 is 0 Å². The fraction of sp³-hybridized carbons (Fsp3) is 0.154. The lowest BCUT2D eigenvalue weighted by molar-refractivity contribution is 0.0959. The van der Waals surface area contributed by atoms with Crippen LogP contribution < -0.4 is 11.5 Å². The highest BCUT2D eigenvalue weighted by molar-refractivity contribution is 6.03. The van der Waals surface area contributed by atoms with Gasteiger partial charge in [-0.3, -0.25) is 9.59 Å². The van der Waals surface area contributed by atoms with Gasteiger partial charge in [0.15, 0.2) is 5.69 Å². The van der Waals surface area contributed by atoms with Gasteiger partial charge in [0.05, 0.1) is 6.33 Å². The molecular formula is C13H14N4O2. The van der Waals surface area contributed by atoms with Gasteiger partial charge in [-0.25, -0.2) is 4.98 Å². The van der Waals surface area contributed by atoms with E-state index in [2.05, 4.69) is 4.98 Å². The van der Waals surface area contributed by atoms with Gasteiger partial charge < -0.3 is 16.0 Å². The van der Waals surface area contributed by atoms with E-state index in [1.54, 1.807) is 0 Å². The standard InChI is InChI=1S/C13H14N4O2/c1-8-2-4-9(5-3-8)6-17-7-16-10(12(14)18)11(17)13(15)19/h2-5,7H,6H2,1H3,(H2,14,18)(H2,15,19). The second kappa shape index (κ2) is 4.93. The molecule has 4 N–H and O–H groups in total. The average molecular weight is 258 g/mol. The summed E-state index contributed by atoms with van der Waals surface area (Å²) in [5, 5.41) is 0. The van der Waals surface area contributed by atoms with Gasteiger partial charge in [0, 0.05) is 6.54 Å². The first-order chi connectivity index (χ1) is 8.99. The number of aryl methyl sites for hydroxylation is 1. The van der Waals surface area contributed by atoms with Crippen LogP contribution in [0.4, 0.5) is 0 Å². The molecule has 0 aliphatic rings. The molecule has 6 heteroatoms. The molecule has 0 bridgehead atoms. The van der Waals surface area contributed by atoms with Crippen LogP contribution in [-0.4, -0.2) is 21.4 Å². The summed E-state index contributed by atoms with van der Waals surface area (Å²) in [7, 11) is 0.